The van der Waals surface area contributed by atoms with Gasteiger partial charge in [0.15, 0.2) is 0 Å². The molecule has 1 unspecified atom stereocenters. The van der Waals surface area contributed by atoms with E-state index in [1.807, 2.05) is 6.92 Å². The predicted octanol–water partition coefficient (Wildman–Crippen LogP) is 3.99. The second-order valence-corrected chi connectivity index (χ2v) is 5.40. The minimum atomic E-state index is 0.124. The van der Waals surface area contributed by atoms with E-state index in [2.05, 4.69) is 41.1 Å². The van der Waals surface area contributed by atoms with Crippen molar-refractivity contribution in [2.75, 3.05) is 0 Å². The molecule has 2 rings (SSSR count). The Balaban J connectivity index is 2.80. The van der Waals surface area contributed by atoms with Gasteiger partial charge in [0.05, 0.1) is 0 Å². The fraction of sp³-hybridized carbons (Fsp3) is 0.273. The third kappa shape index (κ3) is 1.49. The Morgan fingerprint density at radius 1 is 1.43 bits per heavy atom. The molecule has 1 nitrogen and oxygen atoms in total. The Morgan fingerprint density at radius 3 is 2.71 bits per heavy atom. The molecule has 1 atom stereocenters. The van der Waals surface area contributed by atoms with Crippen LogP contribution in [-0.4, -0.2) is 0 Å². The van der Waals surface area contributed by atoms with E-state index in [-0.39, 0.29) is 6.04 Å². The van der Waals surface area contributed by atoms with Crippen LogP contribution in [0.2, 0.25) is 0 Å². The van der Waals surface area contributed by atoms with Crippen molar-refractivity contribution < 1.29 is 0 Å². The number of halogens is 1. The maximum absolute atomic E-state index is 5.92. The number of fused-ring (bicyclic) bond motifs is 1. The van der Waals surface area contributed by atoms with Crippen LogP contribution in [0.3, 0.4) is 0 Å². The summed E-state index contributed by atoms with van der Waals surface area (Å²) in [5, 5.41) is 1.32. The summed E-state index contributed by atoms with van der Waals surface area (Å²) in [6.45, 7) is 4.18. The van der Waals surface area contributed by atoms with Crippen LogP contribution in [0.15, 0.2) is 22.7 Å². The highest BCUT2D eigenvalue weighted by molar-refractivity contribution is 9.10. The molecule has 0 bridgehead atoms. The Morgan fingerprint density at radius 2 is 2.14 bits per heavy atom. The molecule has 0 amide bonds. The predicted molar refractivity (Wildman–Crippen MR) is 66.9 cm³/mol. The zero-order valence-electron chi connectivity index (χ0n) is 8.17. The second kappa shape index (κ2) is 3.65. The molecule has 1 aromatic carbocycles. The molecule has 0 spiro atoms. The van der Waals surface area contributed by atoms with E-state index < -0.39 is 0 Å². The van der Waals surface area contributed by atoms with Crippen LogP contribution in [0.25, 0.3) is 10.1 Å². The van der Waals surface area contributed by atoms with E-state index in [9.17, 15) is 0 Å². The third-order valence-electron chi connectivity index (χ3n) is 2.37. The molecule has 3 heteroatoms. The van der Waals surface area contributed by atoms with Crippen molar-refractivity contribution in [2.24, 2.45) is 5.73 Å². The van der Waals surface area contributed by atoms with Crippen LogP contribution in [0.1, 0.15) is 23.4 Å². The van der Waals surface area contributed by atoms with Crippen LogP contribution >= 0.6 is 27.3 Å². The van der Waals surface area contributed by atoms with Crippen molar-refractivity contribution in [1.82, 2.24) is 0 Å². The van der Waals surface area contributed by atoms with Gasteiger partial charge in [-0.05, 0) is 46.8 Å². The van der Waals surface area contributed by atoms with Crippen molar-refractivity contribution in [3.05, 3.63) is 33.1 Å². The fourth-order valence-corrected chi connectivity index (χ4v) is 3.44. The average molecular weight is 270 g/mol. The Labute approximate surface area is 96.1 Å². The summed E-state index contributed by atoms with van der Waals surface area (Å²) in [5.74, 6) is 0. The minimum absolute atomic E-state index is 0.124. The number of benzene rings is 1. The molecule has 1 heterocycles. The van der Waals surface area contributed by atoms with E-state index >= 15 is 0 Å². The van der Waals surface area contributed by atoms with Gasteiger partial charge in [0.2, 0.25) is 0 Å². The summed E-state index contributed by atoms with van der Waals surface area (Å²) in [7, 11) is 0. The van der Waals surface area contributed by atoms with Gasteiger partial charge in [-0.3, -0.25) is 0 Å². The first-order chi connectivity index (χ1) is 6.61. The molecule has 0 aliphatic heterocycles. The zero-order chi connectivity index (χ0) is 10.3. The van der Waals surface area contributed by atoms with Crippen LogP contribution in [0, 0.1) is 6.92 Å². The van der Waals surface area contributed by atoms with Gasteiger partial charge in [-0.1, -0.05) is 12.1 Å². The number of nitrogens with two attached hydrogens (primary N) is 1. The van der Waals surface area contributed by atoms with E-state index in [4.69, 9.17) is 5.73 Å². The Bertz CT molecular complexity index is 473. The van der Waals surface area contributed by atoms with Crippen LogP contribution in [-0.2, 0) is 0 Å². The molecule has 0 aliphatic rings. The highest BCUT2D eigenvalue weighted by Crippen LogP contribution is 2.37. The minimum Gasteiger partial charge on any atom is -0.323 e. The summed E-state index contributed by atoms with van der Waals surface area (Å²) in [6, 6.07) is 6.41. The van der Waals surface area contributed by atoms with E-state index in [0.717, 1.165) is 4.47 Å². The van der Waals surface area contributed by atoms with Gasteiger partial charge in [0.25, 0.3) is 0 Å². The topological polar surface area (TPSA) is 26.0 Å². The van der Waals surface area contributed by atoms with Gasteiger partial charge in [0, 0.05) is 20.1 Å². The van der Waals surface area contributed by atoms with Gasteiger partial charge in [-0.15, -0.1) is 11.3 Å². The number of hydrogen-bond donors (Lipinski definition) is 1. The van der Waals surface area contributed by atoms with E-state index in [1.54, 1.807) is 11.3 Å². The summed E-state index contributed by atoms with van der Waals surface area (Å²) < 4.78 is 2.47. The lowest BCUT2D eigenvalue weighted by Crippen LogP contribution is -2.03. The largest absolute Gasteiger partial charge is 0.323 e. The third-order valence-corrected chi connectivity index (χ3v) is 4.83. The summed E-state index contributed by atoms with van der Waals surface area (Å²) >= 11 is 5.35. The van der Waals surface area contributed by atoms with Gasteiger partial charge in [0.1, 0.15) is 0 Å². The van der Waals surface area contributed by atoms with Gasteiger partial charge >= 0.3 is 0 Å². The molecular formula is C11H12BrNS. The fourth-order valence-electron chi connectivity index (χ4n) is 1.66. The van der Waals surface area contributed by atoms with Gasteiger partial charge in [-0.25, -0.2) is 0 Å². The number of aryl methyl sites for hydroxylation is 1. The molecule has 0 saturated carbocycles. The average Bonchev–Trinajstić information content (AvgIpc) is 2.46. The first-order valence-corrected chi connectivity index (χ1v) is 6.15. The molecule has 0 fully saturated rings. The zero-order valence-corrected chi connectivity index (χ0v) is 10.6. The molecule has 14 heavy (non-hydrogen) atoms. The van der Waals surface area contributed by atoms with E-state index in [1.165, 1.54) is 20.5 Å². The SMILES string of the molecule is Cc1c(C(C)N)sc2c(Br)cccc12. The molecule has 0 aliphatic carbocycles. The summed E-state index contributed by atoms with van der Waals surface area (Å²) in [5.41, 5.74) is 7.24. The second-order valence-electron chi connectivity index (χ2n) is 3.50. The van der Waals surface area contributed by atoms with Crippen LogP contribution < -0.4 is 5.73 Å². The molecular weight excluding hydrogens is 258 g/mol. The highest BCUT2D eigenvalue weighted by atomic mass is 79.9. The van der Waals surface area contributed by atoms with Gasteiger partial charge < -0.3 is 5.73 Å². The number of hydrogen-bond acceptors (Lipinski definition) is 2. The van der Waals surface area contributed by atoms with Crippen LogP contribution in [0.5, 0.6) is 0 Å². The lowest BCUT2D eigenvalue weighted by Gasteiger charge is -2.01. The monoisotopic (exact) mass is 269 g/mol. The molecule has 2 aromatic rings. The summed E-state index contributed by atoms with van der Waals surface area (Å²) in [4.78, 5) is 1.28. The Kier molecular flexibility index (Phi) is 2.64. The molecule has 74 valence electrons. The summed E-state index contributed by atoms with van der Waals surface area (Å²) in [6.07, 6.45) is 0. The lowest BCUT2D eigenvalue weighted by atomic mass is 10.1. The maximum Gasteiger partial charge on any atom is 0.0491 e. The molecule has 0 radical (unpaired) electrons. The van der Waals surface area contributed by atoms with Crippen molar-refractivity contribution in [2.45, 2.75) is 19.9 Å². The smallest absolute Gasteiger partial charge is 0.0491 e. The molecule has 2 N–H and O–H groups in total. The van der Waals surface area contributed by atoms with Crippen molar-refractivity contribution in [1.29, 1.82) is 0 Å². The van der Waals surface area contributed by atoms with Crippen molar-refractivity contribution >= 4 is 37.4 Å². The molecule has 1 aromatic heterocycles. The van der Waals surface area contributed by atoms with Crippen molar-refractivity contribution in [3.8, 4) is 0 Å². The quantitative estimate of drug-likeness (QED) is 0.833. The first kappa shape index (κ1) is 10.1. The lowest BCUT2D eigenvalue weighted by molar-refractivity contribution is 0.832. The first-order valence-electron chi connectivity index (χ1n) is 4.54. The number of rotatable bonds is 1. The normalized spacial score (nSPS) is 13.4. The van der Waals surface area contributed by atoms with Gasteiger partial charge in [-0.2, -0.15) is 0 Å². The van der Waals surface area contributed by atoms with Crippen LogP contribution in [0.4, 0.5) is 0 Å². The van der Waals surface area contributed by atoms with E-state index in [0.29, 0.717) is 0 Å². The highest BCUT2D eigenvalue weighted by Gasteiger charge is 2.12. The standard InChI is InChI=1S/C11H12BrNS/c1-6-8-4-3-5-9(12)11(8)14-10(6)7(2)13/h3-5,7H,13H2,1-2H3. The number of thiophene rings is 1. The molecule has 0 saturated heterocycles. The Hall–Kier alpha value is -0.380. The maximum atomic E-state index is 5.92. The van der Waals surface area contributed by atoms with Crippen molar-refractivity contribution in [3.63, 3.8) is 0 Å².